The smallest absolute Gasteiger partial charge is 0.335 e. The fourth-order valence-electron chi connectivity index (χ4n) is 3.34. The molecule has 0 saturated heterocycles. The summed E-state index contributed by atoms with van der Waals surface area (Å²) in [6.45, 7) is 2.50. The van der Waals surface area contributed by atoms with Crippen molar-refractivity contribution in [2.75, 3.05) is 6.61 Å². The first-order valence-electron chi connectivity index (χ1n) is 10.5. The van der Waals surface area contributed by atoms with Crippen LogP contribution in [0, 0.1) is 17.1 Å². The van der Waals surface area contributed by atoms with E-state index in [1.807, 2.05) is 6.92 Å². The third-order valence-electron chi connectivity index (χ3n) is 4.99. The number of ether oxygens (including phenoxy) is 2. The first-order chi connectivity index (χ1) is 16.5. The Kier molecular flexibility index (Phi) is 6.55. The summed E-state index contributed by atoms with van der Waals surface area (Å²) in [6.07, 6.45) is 1.66. The van der Waals surface area contributed by atoms with Crippen LogP contribution in [0.2, 0.25) is 0 Å². The van der Waals surface area contributed by atoms with Crippen LogP contribution in [0.5, 0.6) is 11.5 Å². The van der Waals surface area contributed by atoms with E-state index < -0.39 is 5.97 Å². The van der Waals surface area contributed by atoms with Crippen LogP contribution in [-0.2, 0) is 6.61 Å². The van der Waals surface area contributed by atoms with Gasteiger partial charge in [0.1, 0.15) is 24.3 Å². The van der Waals surface area contributed by atoms with Crippen molar-refractivity contribution < 1.29 is 23.8 Å². The average molecular weight is 457 g/mol. The number of H-pyrrole nitrogens is 1. The predicted molar refractivity (Wildman–Crippen MR) is 125 cm³/mol. The Morgan fingerprint density at radius 2 is 1.91 bits per heavy atom. The lowest BCUT2D eigenvalue weighted by atomic mass is 10.1. The summed E-state index contributed by atoms with van der Waals surface area (Å²) >= 11 is 0. The number of carboxylic acid groups (broad SMARTS) is 1. The van der Waals surface area contributed by atoms with Crippen LogP contribution in [0.1, 0.15) is 34.2 Å². The molecule has 0 aliphatic rings. The van der Waals surface area contributed by atoms with Crippen molar-refractivity contribution in [2.45, 2.75) is 13.5 Å². The normalized spacial score (nSPS) is 11.3. The van der Waals surface area contributed by atoms with Crippen molar-refractivity contribution in [1.29, 1.82) is 5.26 Å². The summed E-state index contributed by atoms with van der Waals surface area (Å²) in [5, 5.41) is 18.7. The number of allylic oxidation sites excluding steroid dienone is 1. The first-order valence-corrected chi connectivity index (χ1v) is 10.5. The van der Waals surface area contributed by atoms with Gasteiger partial charge in [0, 0.05) is 0 Å². The maximum Gasteiger partial charge on any atom is 0.335 e. The molecule has 2 N–H and O–H groups in total. The van der Waals surface area contributed by atoms with Gasteiger partial charge in [0.2, 0.25) is 0 Å². The Labute approximate surface area is 194 Å². The number of fused-ring (bicyclic) bond motifs is 1. The lowest BCUT2D eigenvalue weighted by Crippen LogP contribution is -2.01. The molecule has 3 aromatic carbocycles. The van der Waals surface area contributed by atoms with Crippen LogP contribution >= 0.6 is 0 Å². The molecular weight excluding hydrogens is 437 g/mol. The van der Waals surface area contributed by atoms with Gasteiger partial charge in [-0.3, -0.25) is 0 Å². The van der Waals surface area contributed by atoms with Gasteiger partial charge in [0.05, 0.1) is 28.8 Å². The number of halogens is 1. The van der Waals surface area contributed by atoms with E-state index in [9.17, 15) is 14.4 Å². The van der Waals surface area contributed by atoms with Gasteiger partial charge in [0.25, 0.3) is 0 Å². The number of aromatic carboxylic acids is 1. The number of rotatable bonds is 8. The van der Waals surface area contributed by atoms with E-state index in [-0.39, 0.29) is 23.6 Å². The number of carboxylic acids is 1. The minimum Gasteiger partial charge on any atom is -0.490 e. The van der Waals surface area contributed by atoms with Crippen molar-refractivity contribution in [1.82, 2.24) is 9.97 Å². The Hall–Kier alpha value is -4.64. The Morgan fingerprint density at radius 1 is 1.12 bits per heavy atom. The van der Waals surface area contributed by atoms with Gasteiger partial charge in [-0.25, -0.2) is 14.2 Å². The summed E-state index contributed by atoms with van der Waals surface area (Å²) in [7, 11) is 0. The number of benzene rings is 3. The molecule has 0 unspecified atom stereocenters. The summed E-state index contributed by atoms with van der Waals surface area (Å²) in [6, 6.07) is 18.0. The van der Waals surface area contributed by atoms with Crippen molar-refractivity contribution in [3.8, 4) is 17.6 Å². The molecule has 0 spiro atoms. The Bertz CT molecular complexity index is 1420. The molecule has 4 aromatic rings. The van der Waals surface area contributed by atoms with Gasteiger partial charge >= 0.3 is 5.97 Å². The average Bonchev–Trinajstić information content (AvgIpc) is 3.25. The first kappa shape index (κ1) is 22.6. The predicted octanol–water partition coefficient (Wildman–Crippen LogP) is 5.44. The quantitative estimate of drug-likeness (QED) is 0.341. The molecule has 8 heteroatoms. The van der Waals surface area contributed by atoms with E-state index in [0.717, 1.165) is 5.56 Å². The topological polar surface area (TPSA) is 108 Å². The highest BCUT2D eigenvalue weighted by molar-refractivity contribution is 5.90. The van der Waals surface area contributed by atoms with E-state index in [0.29, 0.717) is 40.5 Å². The zero-order valence-electron chi connectivity index (χ0n) is 18.2. The molecule has 0 bridgehead atoms. The number of carbonyl (C=O) groups is 1. The number of nitriles is 1. The van der Waals surface area contributed by atoms with E-state index >= 15 is 0 Å². The van der Waals surface area contributed by atoms with Gasteiger partial charge in [-0.2, -0.15) is 5.26 Å². The molecule has 0 radical (unpaired) electrons. The maximum absolute atomic E-state index is 13.5. The summed E-state index contributed by atoms with van der Waals surface area (Å²) in [5.74, 6) is -0.0196. The van der Waals surface area contributed by atoms with Crippen LogP contribution in [0.4, 0.5) is 4.39 Å². The van der Waals surface area contributed by atoms with Crippen LogP contribution in [0.3, 0.4) is 0 Å². The number of aromatic nitrogens is 2. The molecule has 0 aliphatic carbocycles. The molecule has 34 heavy (non-hydrogen) atoms. The second-order valence-corrected chi connectivity index (χ2v) is 7.35. The zero-order valence-corrected chi connectivity index (χ0v) is 18.2. The Balaban J connectivity index is 1.57. The van der Waals surface area contributed by atoms with Gasteiger partial charge in [-0.15, -0.1) is 0 Å². The molecule has 0 atom stereocenters. The van der Waals surface area contributed by atoms with Crippen LogP contribution in [0.15, 0.2) is 60.7 Å². The lowest BCUT2D eigenvalue weighted by molar-refractivity contribution is 0.0697. The molecule has 0 saturated carbocycles. The van der Waals surface area contributed by atoms with Gasteiger partial charge in [0.15, 0.2) is 11.5 Å². The largest absolute Gasteiger partial charge is 0.490 e. The molecule has 0 amide bonds. The van der Waals surface area contributed by atoms with Crippen LogP contribution < -0.4 is 9.47 Å². The van der Waals surface area contributed by atoms with Gasteiger partial charge in [-0.05, 0) is 66.6 Å². The van der Waals surface area contributed by atoms with E-state index in [2.05, 4.69) is 16.0 Å². The van der Waals surface area contributed by atoms with E-state index in [4.69, 9.17) is 14.6 Å². The number of hydrogen-bond donors (Lipinski definition) is 2. The van der Waals surface area contributed by atoms with E-state index in [1.54, 1.807) is 42.5 Å². The minimum absolute atomic E-state index is 0.206. The number of imidazole rings is 1. The molecule has 0 fully saturated rings. The van der Waals surface area contributed by atoms with Crippen LogP contribution in [0.25, 0.3) is 22.7 Å². The number of nitrogens with zero attached hydrogens (tertiary/aromatic N) is 2. The van der Waals surface area contributed by atoms with Crippen molar-refractivity contribution in [3.63, 3.8) is 0 Å². The molecule has 1 aromatic heterocycles. The molecule has 1 heterocycles. The number of nitrogens with one attached hydrogen (secondary N) is 1. The standard InChI is InChI=1S/C26H20FN3O4/c1-2-33-24-12-17(5-10-23(24)34-15-16-3-6-18(7-4-16)26(31)32)11-19(14-28)25-29-21-9-8-20(27)13-22(21)30-25/h3-13H,2,15H2,1H3,(H,29,30)(H,31,32)/b19-11-. The summed E-state index contributed by atoms with van der Waals surface area (Å²) < 4.78 is 25.1. The highest BCUT2D eigenvalue weighted by Crippen LogP contribution is 2.31. The second-order valence-electron chi connectivity index (χ2n) is 7.35. The van der Waals surface area contributed by atoms with Crippen molar-refractivity contribution in [2.24, 2.45) is 0 Å². The SMILES string of the molecule is CCOc1cc(/C=C(/C#N)c2nc3ccc(F)cc3[nH]2)ccc1OCc1ccc(C(=O)O)cc1. The molecule has 0 aliphatic heterocycles. The van der Waals surface area contributed by atoms with Crippen LogP contribution in [-0.4, -0.2) is 27.7 Å². The molecular formula is C26H20FN3O4. The molecule has 170 valence electrons. The van der Waals surface area contributed by atoms with Gasteiger partial charge in [-0.1, -0.05) is 18.2 Å². The number of hydrogen-bond acceptors (Lipinski definition) is 5. The monoisotopic (exact) mass is 457 g/mol. The maximum atomic E-state index is 13.5. The van der Waals surface area contributed by atoms with Crippen molar-refractivity contribution in [3.05, 3.63) is 89.0 Å². The number of aromatic amines is 1. The zero-order chi connectivity index (χ0) is 24.1. The lowest BCUT2D eigenvalue weighted by Gasteiger charge is -2.13. The third kappa shape index (κ3) is 5.05. The highest BCUT2D eigenvalue weighted by atomic mass is 19.1. The fourth-order valence-corrected chi connectivity index (χ4v) is 3.34. The summed E-state index contributed by atoms with van der Waals surface area (Å²) in [5.41, 5.74) is 3.07. The van der Waals surface area contributed by atoms with E-state index in [1.165, 1.54) is 24.3 Å². The fraction of sp³-hybridized carbons (Fsp3) is 0.115. The van der Waals surface area contributed by atoms with Gasteiger partial charge < -0.3 is 19.6 Å². The Morgan fingerprint density at radius 3 is 2.62 bits per heavy atom. The molecule has 7 nitrogen and oxygen atoms in total. The highest BCUT2D eigenvalue weighted by Gasteiger charge is 2.11. The molecule has 4 rings (SSSR count). The second kappa shape index (κ2) is 9.88. The summed E-state index contributed by atoms with van der Waals surface area (Å²) in [4.78, 5) is 18.3. The minimum atomic E-state index is -0.985. The third-order valence-corrected chi connectivity index (χ3v) is 4.99. The van der Waals surface area contributed by atoms with Crippen molar-refractivity contribution >= 4 is 28.7 Å².